The summed E-state index contributed by atoms with van der Waals surface area (Å²) < 4.78 is 5.38. The van der Waals surface area contributed by atoms with Crippen LogP contribution in [0.2, 0.25) is 0 Å². The second-order valence-electron chi connectivity index (χ2n) is 4.95. The zero-order valence-corrected chi connectivity index (χ0v) is 12.5. The molecule has 1 aromatic carbocycles. The topological polar surface area (TPSA) is 41.6 Å². The Morgan fingerprint density at radius 1 is 1.42 bits per heavy atom. The van der Waals surface area contributed by atoms with Gasteiger partial charge in [0.1, 0.15) is 5.75 Å². The van der Waals surface area contributed by atoms with Crippen LogP contribution in [-0.4, -0.2) is 38.7 Å². The number of urea groups is 1. The molecule has 0 spiro atoms. The van der Waals surface area contributed by atoms with Gasteiger partial charge in [-0.15, -0.1) is 0 Å². The van der Waals surface area contributed by atoms with Gasteiger partial charge in [-0.2, -0.15) is 0 Å². The Balaban J connectivity index is 2.80. The van der Waals surface area contributed by atoms with E-state index in [4.69, 9.17) is 4.74 Å². The molecule has 0 saturated carbocycles. The number of ether oxygens (including phenoxy) is 1. The van der Waals surface area contributed by atoms with Crippen LogP contribution >= 0.6 is 0 Å². The number of carbonyl (C=O) groups is 1. The summed E-state index contributed by atoms with van der Waals surface area (Å²) in [5.41, 5.74) is 2.43. The number of hydrogen-bond donors (Lipinski definition) is 1. The van der Waals surface area contributed by atoms with Gasteiger partial charge in [0.05, 0.1) is 7.11 Å². The molecule has 0 saturated heterocycles. The molecule has 1 N–H and O–H groups in total. The van der Waals surface area contributed by atoms with Gasteiger partial charge in [-0.1, -0.05) is 26.0 Å². The third-order valence-electron chi connectivity index (χ3n) is 3.25. The Bertz CT molecular complexity index is 430. The molecule has 19 heavy (non-hydrogen) atoms. The maximum absolute atomic E-state index is 11.4. The molecule has 0 unspecified atom stereocenters. The van der Waals surface area contributed by atoms with E-state index in [1.165, 1.54) is 5.56 Å². The van der Waals surface area contributed by atoms with E-state index in [0.29, 0.717) is 12.5 Å². The van der Waals surface area contributed by atoms with Gasteiger partial charge in [0.25, 0.3) is 0 Å². The van der Waals surface area contributed by atoms with Crippen molar-refractivity contribution < 1.29 is 9.53 Å². The Labute approximate surface area is 115 Å². The first-order valence-corrected chi connectivity index (χ1v) is 6.59. The molecule has 0 aromatic heterocycles. The van der Waals surface area contributed by atoms with Gasteiger partial charge < -0.3 is 15.0 Å². The van der Waals surface area contributed by atoms with E-state index in [9.17, 15) is 4.79 Å². The van der Waals surface area contributed by atoms with Crippen molar-refractivity contribution in [3.8, 4) is 5.75 Å². The number of hydrogen-bond acceptors (Lipinski definition) is 2. The van der Waals surface area contributed by atoms with Crippen LogP contribution in [0.15, 0.2) is 18.2 Å². The van der Waals surface area contributed by atoms with Crippen molar-refractivity contribution in [1.29, 1.82) is 0 Å². The van der Waals surface area contributed by atoms with E-state index in [0.717, 1.165) is 17.7 Å². The number of nitrogens with one attached hydrogen (secondary N) is 1. The van der Waals surface area contributed by atoms with Crippen LogP contribution in [0.25, 0.3) is 0 Å². The number of carbonyl (C=O) groups excluding carboxylic acids is 1. The van der Waals surface area contributed by atoms with Crippen molar-refractivity contribution in [2.45, 2.75) is 26.2 Å². The van der Waals surface area contributed by atoms with Crippen LogP contribution < -0.4 is 10.1 Å². The smallest absolute Gasteiger partial charge is 0.316 e. The minimum Gasteiger partial charge on any atom is -0.496 e. The lowest BCUT2D eigenvalue weighted by Crippen LogP contribution is -2.36. The van der Waals surface area contributed by atoms with Gasteiger partial charge in [0.15, 0.2) is 0 Å². The summed E-state index contributed by atoms with van der Waals surface area (Å²) >= 11 is 0. The molecule has 0 heterocycles. The molecule has 0 atom stereocenters. The molecule has 0 radical (unpaired) electrons. The quantitative estimate of drug-likeness (QED) is 0.888. The summed E-state index contributed by atoms with van der Waals surface area (Å²) in [6, 6.07) is 6.19. The zero-order valence-electron chi connectivity index (χ0n) is 12.5. The summed E-state index contributed by atoms with van der Waals surface area (Å²) in [5.74, 6) is 1.37. The highest BCUT2D eigenvalue weighted by molar-refractivity contribution is 5.73. The molecule has 0 fully saturated rings. The van der Waals surface area contributed by atoms with Crippen molar-refractivity contribution >= 4 is 6.03 Å². The third-order valence-corrected chi connectivity index (χ3v) is 3.25. The summed E-state index contributed by atoms with van der Waals surface area (Å²) in [5, 5.41) is 2.61. The standard InChI is InChI=1S/C15H24N2O2/c1-11(2)12-6-7-14(19-5)13(10-12)8-9-17(4)15(18)16-3/h6-7,10-11H,8-9H2,1-5H3,(H,16,18). The van der Waals surface area contributed by atoms with Crippen molar-refractivity contribution in [2.75, 3.05) is 27.7 Å². The molecule has 0 aliphatic rings. The first-order chi connectivity index (χ1) is 8.99. The fraction of sp³-hybridized carbons (Fsp3) is 0.533. The maximum Gasteiger partial charge on any atom is 0.316 e. The molecule has 2 amide bonds. The molecule has 1 aromatic rings. The first kappa shape index (κ1) is 15.3. The Hall–Kier alpha value is -1.71. The van der Waals surface area contributed by atoms with Crippen molar-refractivity contribution in [1.82, 2.24) is 10.2 Å². The molecular weight excluding hydrogens is 240 g/mol. The summed E-state index contributed by atoms with van der Waals surface area (Å²) in [6.07, 6.45) is 0.785. The van der Waals surface area contributed by atoms with Gasteiger partial charge in [-0.05, 0) is 29.5 Å². The van der Waals surface area contributed by atoms with E-state index in [-0.39, 0.29) is 6.03 Å². The maximum atomic E-state index is 11.4. The van der Waals surface area contributed by atoms with E-state index in [1.54, 1.807) is 26.1 Å². The minimum absolute atomic E-state index is 0.0704. The van der Waals surface area contributed by atoms with Gasteiger partial charge in [-0.3, -0.25) is 0 Å². The number of benzene rings is 1. The van der Waals surface area contributed by atoms with E-state index in [1.807, 2.05) is 6.07 Å². The van der Waals surface area contributed by atoms with Crippen LogP contribution in [0.4, 0.5) is 4.79 Å². The molecule has 0 bridgehead atoms. The average Bonchev–Trinajstić information content (AvgIpc) is 2.43. The van der Waals surface area contributed by atoms with Crippen LogP contribution in [0.3, 0.4) is 0 Å². The number of likely N-dealkylation sites (N-methyl/N-ethyl adjacent to an activating group) is 1. The largest absolute Gasteiger partial charge is 0.496 e. The van der Waals surface area contributed by atoms with Gasteiger partial charge in [0.2, 0.25) is 0 Å². The fourth-order valence-electron chi connectivity index (χ4n) is 1.93. The van der Waals surface area contributed by atoms with Crippen molar-refractivity contribution in [3.63, 3.8) is 0 Å². The molecule has 4 nitrogen and oxygen atoms in total. The molecular formula is C15H24N2O2. The lowest BCUT2D eigenvalue weighted by Gasteiger charge is -2.18. The lowest BCUT2D eigenvalue weighted by atomic mass is 9.99. The van der Waals surface area contributed by atoms with Gasteiger partial charge >= 0.3 is 6.03 Å². The van der Waals surface area contributed by atoms with E-state index >= 15 is 0 Å². The van der Waals surface area contributed by atoms with E-state index in [2.05, 4.69) is 31.3 Å². The van der Waals surface area contributed by atoms with Crippen LogP contribution in [-0.2, 0) is 6.42 Å². The third kappa shape index (κ3) is 4.16. The second-order valence-corrected chi connectivity index (χ2v) is 4.95. The minimum atomic E-state index is -0.0704. The van der Waals surface area contributed by atoms with E-state index < -0.39 is 0 Å². The fourth-order valence-corrected chi connectivity index (χ4v) is 1.93. The van der Waals surface area contributed by atoms with Crippen LogP contribution in [0.5, 0.6) is 5.75 Å². The summed E-state index contributed by atoms with van der Waals surface area (Å²) in [4.78, 5) is 13.1. The lowest BCUT2D eigenvalue weighted by molar-refractivity contribution is 0.211. The van der Waals surface area contributed by atoms with Gasteiger partial charge in [0, 0.05) is 20.6 Å². The highest BCUT2D eigenvalue weighted by Gasteiger charge is 2.10. The highest BCUT2D eigenvalue weighted by Crippen LogP contribution is 2.24. The summed E-state index contributed by atoms with van der Waals surface area (Å²) in [6.45, 7) is 5.00. The predicted molar refractivity (Wildman–Crippen MR) is 77.9 cm³/mol. The zero-order chi connectivity index (χ0) is 14.4. The van der Waals surface area contributed by atoms with Gasteiger partial charge in [-0.25, -0.2) is 4.79 Å². The first-order valence-electron chi connectivity index (χ1n) is 6.59. The molecule has 4 heteroatoms. The molecule has 0 aliphatic heterocycles. The van der Waals surface area contributed by atoms with Crippen LogP contribution in [0.1, 0.15) is 30.9 Å². The molecule has 0 aliphatic carbocycles. The normalized spacial score (nSPS) is 10.4. The highest BCUT2D eigenvalue weighted by atomic mass is 16.5. The molecule has 1 rings (SSSR count). The Morgan fingerprint density at radius 3 is 2.63 bits per heavy atom. The SMILES string of the molecule is CNC(=O)N(C)CCc1cc(C(C)C)ccc1OC. The number of methoxy groups -OCH3 is 1. The summed E-state index contributed by atoms with van der Waals surface area (Å²) in [7, 11) is 5.10. The second kappa shape index (κ2) is 7.02. The Morgan fingerprint density at radius 2 is 2.11 bits per heavy atom. The number of amides is 2. The van der Waals surface area contributed by atoms with Crippen LogP contribution in [0, 0.1) is 0 Å². The Kier molecular flexibility index (Phi) is 5.67. The van der Waals surface area contributed by atoms with Crippen molar-refractivity contribution in [3.05, 3.63) is 29.3 Å². The predicted octanol–water partition coefficient (Wildman–Crippen LogP) is 2.63. The van der Waals surface area contributed by atoms with Crippen molar-refractivity contribution in [2.24, 2.45) is 0 Å². The average molecular weight is 264 g/mol. The molecule has 106 valence electrons. The number of nitrogens with zero attached hydrogens (tertiary/aromatic N) is 1. The number of rotatable bonds is 5. The monoisotopic (exact) mass is 264 g/mol.